The van der Waals surface area contributed by atoms with E-state index in [1.165, 1.54) is 18.1 Å². The van der Waals surface area contributed by atoms with Crippen LogP contribution in [0, 0.1) is 5.92 Å². The summed E-state index contributed by atoms with van der Waals surface area (Å²) >= 11 is 0. The Morgan fingerprint density at radius 2 is 1.56 bits per heavy atom. The van der Waals surface area contributed by atoms with Gasteiger partial charge >= 0.3 is 0 Å². The molecule has 0 spiro atoms. The van der Waals surface area contributed by atoms with Gasteiger partial charge in [0.05, 0.1) is 33.0 Å². The van der Waals surface area contributed by atoms with Crippen molar-refractivity contribution in [2.75, 3.05) is 33.9 Å². The third-order valence-corrected chi connectivity index (χ3v) is 10.8. The number of aliphatic hydroxyl groups is 1. The summed E-state index contributed by atoms with van der Waals surface area (Å²) in [6, 6.07) is 28.7. The molecule has 292 valence electrons. The lowest BCUT2D eigenvalue weighted by atomic mass is 9.89. The van der Waals surface area contributed by atoms with E-state index in [1.807, 2.05) is 24.3 Å². The number of carbonyl (C=O) groups is 2. The molecule has 1 fully saturated rings. The fourth-order valence-corrected chi connectivity index (χ4v) is 7.59. The van der Waals surface area contributed by atoms with Gasteiger partial charge in [-0.15, -0.1) is 0 Å². The predicted octanol–water partition coefficient (Wildman–Crippen LogP) is 7.03. The first kappa shape index (κ1) is 39.9. The Hall–Kier alpha value is -4.74. The number of hydrogen-bond donors (Lipinski definition) is 3. The SMILES string of the molecule is COc1cc2c(cc1OC)CN(C[C@@H]1O[C@H](c3ccc(-c4ccccc4CNC(=O)CCCCCNC(C)=O)cc3)O[C@H](c3ccc(CO)cc3)[C@@H]1C)CC2. The van der Waals surface area contributed by atoms with Crippen molar-refractivity contribution in [2.24, 2.45) is 5.92 Å². The maximum absolute atomic E-state index is 12.6. The van der Waals surface area contributed by atoms with Crippen LogP contribution in [-0.2, 0) is 45.2 Å². The minimum Gasteiger partial charge on any atom is -0.493 e. The first-order valence-corrected chi connectivity index (χ1v) is 19.4. The summed E-state index contributed by atoms with van der Waals surface area (Å²) in [5.41, 5.74) is 8.52. The number of nitrogens with zero attached hydrogens (tertiary/aromatic N) is 1. The van der Waals surface area contributed by atoms with Gasteiger partial charge in [0.15, 0.2) is 17.8 Å². The molecule has 0 saturated carbocycles. The zero-order valence-corrected chi connectivity index (χ0v) is 32.5. The van der Waals surface area contributed by atoms with Crippen LogP contribution < -0.4 is 20.1 Å². The number of hydrogen-bond acceptors (Lipinski definition) is 8. The molecule has 3 N–H and O–H groups in total. The zero-order chi connectivity index (χ0) is 38.7. The molecule has 2 aliphatic heterocycles. The van der Waals surface area contributed by atoms with Gasteiger partial charge in [-0.3, -0.25) is 14.5 Å². The average molecular weight is 750 g/mol. The molecule has 2 aliphatic rings. The molecule has 0 aromatic heterocycles. The Bertz CT molecular complexity index is 1880. The fraction of sp³-hybridized carbons (Fsp3) is 0.422. The average Bonchev–Trinajstić information content (AvgIpc) is 3.21. The van der Waals surface area contributed by atoms with Gasteiger partial charge in [0.1, 0.15) is 0 Å². The highest BCUT2D eigenvalue weighted by Gasteiger charge is 2.39. The molecule has 0 unspecified atom stereocenters. The van der Waals surface area contributed by atoms with Crippen LogP contribution in [-0.4, -0.2) is 61.8 Å². The van der Waals surface area contributed by atoms with Crippen LogP contribution >= 0.6 is 0 Å². The smallest absolute Gasteiger partial charge is 0.220 e. The molecule has 4 aromatic rings. The molecule has 6 rings (SSSR count). The Labute approximate surface area is 325 Å². The first-order chi connectivity index (χ1) is 26.8. The van der Waals surface area contributed by atoms with E-state index < -0.39 is 6.29 Å². The summed E-state index contributed by atoms with van der Waals surface area (Å²) < 4.78 is 24.8. The fourth-order valence-electron chi connectivity index (χ4n) is 7.59. The summed E-state index contributed by atoms with van der Waals surface area (Å²) in [7, 11) is 3.34. The van der Waals surface area contributed by atoms with Crippen molar-refractivity contribution >= 4 is 11.8 Å². The second-order valence-corrected chi connectivity index (χ2v) is 14.6. The molecule has 1 saturated heterocycles. The summed E-state index contributed by atoms with van der Waals surface area (Å²) in [5.74, 6) is 1.56. The Morgan fingerprint density at radius 1 is 0.855 bits per heavy atom. The number of amides is 2. The van der Waals surface area contributed by atoms with Crippen molar-refractivity contribution in [2.45, 2.75) is 84.1 Å². The molecule has 2 amide bonds. The van der Waals surface area contributed by atoms with Gasteiger partial charge in [-0.2, -0.15) is 0 Å². The first-order valence-electron chi connectivity index (χ1n) is 19.4. The molecule has 10 heteroatoms. The number of benzene rings is 4. The second kappa shape index (κ2) is 19.2. The molecular weight excluding hydrogens is 695 g/mol. The van der Waals surface area contributed by atoms with E-state index >= 15 is 0 Å². The normalized spacial score (nSPS) is 19.7. The Morgan fingerprint density at radius 3 is 2.27 bits per heavy atom. The number of carbonyl (C=O) groups excluding carboxylic acids is 2. The lowest BCUT2D eigenvalue weighted by Gasteiger charge is -2.43. The van der Waals surface area contributed by atoms with Gasteiger partial charge in [0, 0.05) is 57.5 Å². The van der Waals surface area contributed by atoms with E-state index in [4.69, 9.17) is 18.9 Å². The summed E-state index contributed by atoms with van der Waals surface area (Å²) in [4.78, 5) is 26.1. The molecule has 4 aromatic carbocycles. The summed E-state index contributed by atoms with van der Waals surface area (Å²) in [5, 5.41) is 15.6. The topological polar surface area (TPSA) is 119 Å². The van der Waals surface area contributed by atoms with Crippen LogP contribution in [0.4, 0.5) is 0 Å². The Balaban J connectivity index is 1.15. The van der Waals surface area contributed by atoms with E-state index in [0.29, 0.717) is 19.5 Å². The number of methoxy groups -OCH3 is 2. The van der Waals surface area contributed by atoms with Crippen LogP contribution in [0.15, 0.2) is 84.9 Å². The van der Waals surface area contributed by atoms with Gasteiger partial charge in [-0.05, 0) is 70.3 Å². The van der Waals surface area contributed by atoms with Crippen molar-refractivity contribution in [1.29, 1.82) is 0 Å². The number of rotatable bonds is 16. The molecule has 4 atom stereocenters. The third-order valence-electron chi connectivity index (χ3n) is 10.8. The highest BCUT2D eigenvalue weighted by Crippen LogP contribution is 2.43. The molecule has 55 heavy (non-hydrogen) atoms. The minimum absolute atomic E-state index is 0.00716. The van der Waals surface area contributed by atoms with E-state index in [0.717, 1.165) is 90.2 Å². The largest absolute Gasteiger partial charge is 0.493 e. The molecule has 0 aliphatic carbocycles. The number of unbranched alkanes of at least 4 members (excludes halogenated alkanes) is 2. The molecule has 2 heterocycles. The summed E-state index contributed by atoms with van der Waals surface area (Å²) in [6.45, 7) is 7.23. The monoisotopic (exact) mass is 749 g/mol. The quantitative estimate of drug-likeness (QED) is 0.105. The van der Waals surface area contributed by atoms with E-state index in [1.54, 1.807) is 14.2 Å². The van der Waals surface area contributed by atoms with E-state index in [2.05, 4.69) is 83.1 Å². The molecule has 0 radical (unpaired) electrons. The molecular formula is C45H55N3O7. The van der Waals surface area contributed by atoms with Crippen LogP contribution in [0.3, 0.4) is 0 Å². The highest BCUT2D eigenvalue weighted by molar-refractivity contribution is 5.76. The number of fused-ring (bicyclic) bond motifs is 1. The zero-order valence-electron chi connectivity index (χ0n) is 32.5. The van der Waals surface area contributed by atoms with Crippen LogP contribution in [0.25, 0.3) is 11.1 Å². The van der Waals surface area contributed by atoms with Gasteiger partial charge in [-0.25, -0.2) is 0 Å². The van der Waals surface area contributed by atoms with E-state index in [9.17, 15) is 14.7 Å². The van der Waals surface area contributed by atoms with Crippen molar-refractivity contribution in [1.82, 2.24) is 15.5 Å². The van der Waals surface area contributed by atoms with Crippen LogP contribution in [0.5, 0.6) is 11.5 Å². The minimum atomic E-state index is -0.577. The number of aliphatic hydroxyl groups excluding tert-OH is 1. The number of nitrogens with one attached hydrogen (secondary N) is 2. The van der Waals surface area contributed by atoms with Crippen molar-refractivity contribution in [3.8, 4) is 22.6 Å². The highest BCUT2D eigenvalue weighted by atomic mass is 16.7. The predicted molar refractivity (Wildman–Crippen MR) is 212 cm³/mol. The van der Waals surface area contributed by atoms with Crippen molar-refractivity contribution in [3.63, 3.8) is 0 Å². The van der Waals surface area contributed by atoms with E-state index in [-0.39, 0.29) is 36.5 Å². The van der Waals surface area contributed by atoms with Crippen molar-refractivity contribution in [3.05, 3.63) is 118 Å². The second-order valence-electron chi connectivity index (χ2n) is 14.6. The Kier molecular flexibility index (Phi) is 14.0. The lowest BCUT2D eigenvalue weighted by Crippen LogP contribution is -2.45. The van der Waals surface area contributed by atoms with Gasteiger partial charge in [-0.1, -0.05) is 86.1 Å². The van der Waals surface area contributed by atoms with Crippen LogP contribution in [0.2, 0.25) is 0 Å². The van der Waals surface area contributed by atoms with Gasteiger partial charge in [0.25, 0.3) is 0 Å². The number of ether oxygens (including phenoxy) is 4. The molecule has 10 nitrogen and oxygen atoms in total. The van der Waals surface area contributed by atoms with Crippen molar-refractivity contribution < 1.29 is 33.6 Å². The lowest BCUT2D eigenvalue weighted by molar-refractivity contribution is -0.276. The van der Waals surface area contributed by atoms with Crippen LogP contribution in [0.1, 0.15) is 85.3 Å². The molecule has 0 bridgehead atoms. The van der Waals surface area contributed by atoms with Gasteiger partial charge < -0.3 is 34.7 Å². The summed E-state index contributed by atoms with van der Waals surface area (Å²) in [6.07, 6.45) is 3.01. The maximum atomic E-state index is 12.6. The standard InChI is InChI=1S/C45H55N3O7/c1-30-42(28-48-23-21-36-24-40(52-3)41(53-4)25-38(36)27-48)54-45(55-44(30)34-15-13-32(29-49)14-16-34)35-19-17-33(18-20-35)39-11-8-7-10-37(39)26-47-43(51)12-6-5-9-22-46-31(2)50/h7-8,10-11,13-20,24-25,30,42,44-45,49H,5-6,9,12,21-23,26-29H2,1-4H3,(H,46,50)(H,47,51)/t30-,42+,44+,45+/m1/s1. The maximum Gasteiger partial charge on any atom is 0.220 e. The van der Waals surface area contributed by atoms with Gasteiger partial charge in [0.2, 0.25) is 11.8 Å². The third kappa shape index (κ3) is 10.3.